The molecule has 240 valence electrons. The first-order chi connectivity index (χ1) is 21.7. The van der Waals surface area contributed by atoms with E-state index in [2.05, 4.69) is 196 Å². The largest absolute Gasteiger partial charge is 0.315 e. The van der Waals surface area contributed by atoms with Gasteiger partial charge in [-0.3, -0.25) is 0 Å². The van der Waals surface area contributed by atoms with E-state index in [0.717, 1.165) is 23.5 Å². The average Bonchev–Trinajstić information content (AvgIpc) is 3.03. The molecule has 4 aromatic rings. The van der Waals surface area contributed by atoms with Crippen molar-refractivity contribution in [3.05, 3.63) is 156 Å². The summed E-state index contributed by atoms with van der Waals surface area (Å²) in [5.41, 5.74) is 11.4. The molecule has 0 spiro atoms. The molecule has 4 rings (SSSR count). The Balaban J connectivity index is 1.76. The van der Waals surface area contributed by atoms with Gasteiger partial charge in [0.15, 0.2) is 0 Å². The van der Waals surface area contributed by atoms with Gasteiger partial charge in [-0.05, 0) is 93.3 Å². The molecule has 0 aromatic heterocycles. The summed E-state index contributed by atoms with van der Waals surface area (Å²) in [7, 11) is 0. The maximum atomic E-state index is 4.29. The number of benzene rings is 4. The van der Waals surface area contributed by atoms with Gasteiger partial charge >= 0.3 is 0 Å². The maximum absolute atomic E-state index is 4.29. The average molecular weight is 610 g/mol. The summed E-state index contributed by atoms with van der Waals surface area (Å²) < 4.78 is 0. The van der Waals surface area contributed by atoms with Crippen LogP contribution in [0.3, 0.4) is 0 Å². The van der Waals surface area contributed by atoms with E-state index in [-0.39, 0.29) is 22.2 Å². The normalized spacial score (nSPS) is 13.8. The zero-order chi connectivity index (χ0) is 33.7. The van der Waals surface area contributed by atoms with Gasteiger partial charge in [0.25, 0.3) is 0 Å². The van der Waals surface area contributed by atoms with Crippen LogP contribution in [0.15, 0.2) is 139 Å². The number of nitrogens with zero attached hydrogens (tertiary/aromatic N) is 1. The van der Waals surface area contributed by atoms with Crippen molar-refractivity contribution in [1.82, 2.24) is 0 Å². The van der Waals surface area contributed by atoms with Crippen LogP contribution in [0.1, 0.15) is 98.3 Å². The van der Waals surface area contributed by atoms with Crippen molar-refractivity contribution in [3.63, 3.8) is 0 Å². The van der Waals surface area contributed by atoms with Crippen molar-refractivity contribution in [1.29, 1.82) is 0 Å². The van der Waals surface area contributed by atoms with Crippen LogP contribution in [-0.2, 0) is 10.8 Å². The summed E-state index contributed by atoms with van der Waals surface area (Å²) in [6.07, 6.45) is 7.67. The topological polar surface area (TPSA) is 3.24 Å². The molecule has 0 bridgehead atoms. The first-order valence-electron chi connectivity index (χ1n) is 16.8. The van der Waals surface area contributed by atoms with Gasteiger partial charge in [-0.1, -0.05) is 160 Å². The Kier molecular flexibility index (Phi) is 10.7. The minimum Gasteiger partial charge on any atom is -0.315 e. The monoisotopic (exact) mass is 609 g/mol. The van der Waals surface area contributed by atoms with E-state index in [1.54, 1.807) is 0 Å². The molecule has 0 radical (unpaired) electrons. The summed E-state index contributed by atoms with van der Waals surface area (Å²) >= 11 is 0. The molecule has 0 heterocycles. The van der Waals surface area contributed by atoms with Crippen molar-refractivity contribution in [2.45, 2.75) is 92.4 Å². The Bertz CT molecular complexity index is 1630. The molecule has 1 heteroatoms. The third-order valence-corrected chi connectivity index (χ3v) is 9.44. The predicted molar refractivity (Wildman–Crippen MR) is 203 cm³/mol. The van der Waals surface area contributed by atoms with E-state index >= 15 is 0 Å². The Morgan fingerprint density at radius 3 is 1.61 bits per heavy atom. The third-order valence-electron chi connectivity index (χ3n) is 9.44. The van der Waals surface area contributed by atoms with Gasteiger partial charge < -0.3 is 4.90 Å². The Morgan fingerprint density at radius 2 is 1.15 bits per heavy atom. The highest BCUT2D eigenvalue weighted by Crippen LogP contribution is 2.42. The highest BCUT2D eigenvalue weighted by molar-refractivity contribution is 5.69. The minimum atomic E-state index is 0.000414. The van der Waals surface area contributed by atoms with Crippen molar-refractivity contribution in [2.24, 2.45) is 5.41 Å². The van der Waals surface area contributed by atoms with Crippen molar-refractivity contribution >= 4 is 11.4 Å². The molecule has 1 atom stereocenters. The van der Waals surface area contributed by atoms with Gasteiger partial charge in [0, 0.05) is 23.0 Å². The smallest absolute Gasteiger partial charge is 0.0458 e. The fourth-order valence-electron chi connectivity index (χ4n) is 6.20. The first kappa shape index (κ1) is 34.8. The van der Waals surface area contributed by atoms with Gasteiger partial charge in [-0.2, -0.15) is 0 Å². The molecule has 46 heavy (non-hydrogen) atoms. The molecular weight excluding hydrogens is 555 g/mol. The van der Waals surface area contributed by atoms with Gasteiger partial charge in [-0.25, -0.2) is 0 Å². The lowest BCUT2D eigenvalue weighted by Crippen LogP contribution is -2.20. The second-order valence-electron chi connectivity index (χ2n) is 15.4. The van der Waals surface area contributed by atoms with Crippen molar-refractivity contribution in [3.8, 4) is 11.1 Å². The lowest BCUT2D eigenvalue weighted by molar-refractivity contribution is 0.358. The summed E-state index contributed by atoms with van der Waals surface area (Å²) in [5, 5.41) is 0. The number of anilines is 2. The molecule has 0 aliphatic heterocycles. The molecule has 0 aliphatic carbocycles. The fourth-order valence-corrected chi connectivity index (χ4v) is 6.20. The van der Waals surface area contributed by atoms with Crippen LogP contribution in [0.5, 0.6) is 0 Å². The van der Waals surface area contributed by atoms with Crippen molar-refractivity contribution in [2.75, 3.05) is 4.90 Å². The zero-order valence-corrected chi connectivity index (χ0v) is 30.0. The minimum absolute atomic E-state index is 0.000414. The maximum Gasteiger partial charge on any atom is 0.0458 e. The van der Waals surface area contributed by atoms with E-state index in [9.17, 15) is 0 Å². The molecule has 1 nitrogen and oxygen atoms in total. The van der Waals surface area contributed by atoms with E-state index < -0.39 is 0 Å². The van der Waals surface area contributed by atoms with Crippen molar-refractivity contribution < 1.29 is 0 Å². The summed E-state index contributed by atoms with van der Waals surface area (Å²) in [6, 6.07) is 37.8. The predicted octanol–water partition coefficient (Wildman–Crippen LogP) is 13.3. The van der Waals surface area contributed by atoms with E-state index in [4.69, 9.17) is 0 Å². The van der Waals surface area contributed by atoms with Gasteiger partial charge in [0.1, 0.15) is 0 Å². The van der Waals surface area contributed by atoms with Crippen LogP contribution in [0, 0.1) is 5.41 Å². The van der Waals surface area contributed by atoms with E-state index in [1.807, 2.05) is 6.08 Å². The molecule has 0 saturated heterocycles. The molecule has 0 N–H and O–H groups in total. The van der Waals surface area contributed by atoms with Gasteiger partial charge in [-0.15, -0.1) is 0 Å². The lowest BCUT2D eigenvalue weighted by Gasteiger charge is -2.33. The standard InChI is InChI=1S/C45H55N/c1-12-34(42(44(7,8)9)37-23-21-36(22-24-37)35-17-15-14-16-18-35)20-19-33(3)46(40-29-25-38(26-30-40)43(4,5)6)41-31-27-39(28-32-41)45(10,11)13-2/h12,14-32,42H,1,13H2,2-11H3/b33-19+,34-20+. The van der Waals surface area contributed by atoms with Gasteiger partial charge in [0.05, 0.1) is 0 Å². The van der Waals surface area contributed by atoms with Crippen LogP contribution < -0.4 is 4.90 Å². The highest BCUT2D eigenvalue weighted by atomic mass is 15.1. The lowest BCUT2D eigenvalue weighted by atomic mass is 9.72. The molecule has 0 fully saturated rings. The summed E-state index contributed by atoms with van der Waals surface area (Å²) in [6.45, 7) is 27.1. The van der Waals surface area contributed by atoms with E-state index in [0.29, 0.717) is 0 Å². The third kappa shape index (κ3) is 8.18. The van der Waals surface area contributed by atoms with Crippen LogP contribution in [0.25, 0.3) is 11.1 Å². The van der Waals surface area contributed by atoms with Crippen LogP contribution >= 0.6 is 0 Å². The van der Waals surface area contributed by atoms with Crippen LogP contribution in [-0.4, -0.2) is 0 Å². The highest BCUT2D eigenvalue weighted by Gasteiger charge is 2.28. The van der Waals surface area contributed by atoms with Crippen LogP contribution in [0.4, 0.5) is 11.4 Å². The molecule has 0 saturated carbocycles. The summed E-state index contributed by atoms with van der Waals surface area (Å²) in [5.74, 6) is 0.189. The molecule has 0 amide bonds. The molecular formula is C45H55N. The van der Waals surface area contributed by atoms with Gasteiger partial charge in [0.2, 0.25) is 0 Å². The number of rotatable bonds is 10. The zero-order valence-electron chi connectivity index (χ0n) is 30.0. The quantitative estimate of drug-likeness (QED) is 0.162. The second-order valence-corrected chi connectivity index (χ2v) is 15.4. The Labute approximate surface area is 280 Å². The molecule has 4 aromatic carbocycles. The Hall–Kier alpha value is -4.10. The molecule has 0 aliphatic rings. The SMILES string of the molecule is C=C/C(=C\C=C(/C)N(c1ccc(C(C)(C)C)cc1)c1ccc(C(C)(C)CC)cc1)C(c1ccc(-c2ccccc2)cc1)C(C)(C)C. The van der Waals surface area contributed by atoms with E-state index in [1.165, 1.54) is 33.4 Å². The fraction of sp³-hybridized carbons (Fsp3) is 0.333. The molecule has 1 unspecified atom stereocenters. The van der Waals surface area contributed by atoms with Crippen LogP contribution in [0.2, 0.25) is 0 Å². The second kappa shape index (κ2) is 14.1. The number of allylic oxidation sites excluding steroid dienone is 5. The number of hydrogen-bond donors (Lipinski definition) is 0. The summed E-state index contributed by atoms with van der Waals surface area (Å²) in [4.78, 5) is 2.37. The number of hydrogen-bond acceptors (Lipinski definition) is 1. The Morgan fingerprint density at radius 1 is 0.652 bits per heavy atom. The first-order valence-corrected chi connectivity index (χ1v) is 16.8.